The average molecular weight is 264 g/mol. The molecule has 17 heavy (non-hydrogen) atoms. The Bertz CT molecular complexity index is 510. The van der Waals surface area contributed by atoms with E-state index >= 15 is 0 Å². The van der Waals surface area contributed by atoms with Crippen LogP contribution in [0.5, 0.6) is 0 Å². The van der Waals surface area contributed by atoms with E-state index in [0.29, 0.717) is 0 Å². The van der Waals surface area contributed by atoms with Crippen LogP contribution in [0.1, 0.15) is 26.3 Å². The fourth-order valence-electron chi connectivity index (χ4n) is 1.48. The van der Waals surface area contributed by atoms with Crippen LogP contribution in [0.4, 0.5) is 8.78 Å². The first-order chi connectivity index (χ1) is 7.79. The maximum absolute atomic E-state index is 13.5. The fourth-order valence-corrected chi connectivity index (χ4v) is 2.93. The minimum Gasteiger partial charge on any atom is -0.264 e. The Kier molecular flexibility index (Phi) is 4.21. The Hall–Kier alpha value is -1.01. The van der Waals surface area contributed by atoms with E-state index in [-0.39, 0.29) is 12.0 Å². The zero-order valence-corrected chi connectivity index (χ0v) is 10.6. The third-order valence-corrected chi connectivity index (χ3v) is 3.66. The molecule has 1 rings (SSSR count). The Balaban J connectivity index is 3.44. The molecule has 3 nitrogen and oxygen atoms in total. The van der Waals surface area contributed by atoms with Crippen molar-refractivity contribution in [3.63, 3.8) is 0 Å². The third-order valence-electron chi connectivity index (χ3n) is 2.08. The summed E-state index contributed by atoms with van der Waals surface area (Å²) in [6, 6.07) is 1.69. The fraction of sp³-hybridized carbons (Fsp3) is 0.455. The van der Waals surface area contributed by atoms with Gasteiger partial charge in [-0.25, -0.2) is 8.78 Å². The molecule has 0 aromatic heterocycles. The van der Waals surface area contributed by atoms with Gasteiger partial charge in [0.25, 0.3) is 0 Å². The van der Waals surface area contributed by atoms with Gasteiger partial charge in [0, 0.05) is 5.56 Å². The molecule has 0 fully saturated rings. The van der Waals surface area contributed by atoms with Crippen molar-refractivity contribution in [1.29, 1.82) is 0 Å². The first-order valence-corrected chi connectivity index (χ1v) is 6.60. The van der Waals surface area contributed by atoms with Crippen molar-refractivity contribution in [2.75, 3.05) is 0 Å². The van der Waals surface area contributed by atoms with Gasteiger partial charge in [-0.05, 0) is 32.4 Å². The molecule has 0 spiro atoms. The van der Waals surface area contributed by atoms with Crippen molar-refractivity contribution < 1.29 is 21.4 Å². The van der Waals surface area contributed by atoms with Crippen LogP contribution in [-0.4, -0.2) is 14.5 Å². The van der Waals surface area contributed by atoms with Crippen molar-refractivity contribution in [2.45, 2.75) is 38.2 Å². The molecule has 1 aromatic carbocycles. The average Bonchev–Trinajstić information content (AvgIpc) is 2.18. The summed E-state index contributed by atoms with van der Waals surface area (Å²) >= 11 is 0. The lowest BCUT2D eigenvalue weighted by Gasteiger charge is -2.13. The van der Waals surface area contributed by atoms with E-state index in [4.69, 9.17) is 0 Å². The van der Waals surface area contributed by atoms with Gasteiger partial charge in [0.2, 0.25) is 0 Å². The molecule has 0 saturated heterocycles. The molecule has 0 radical (unpaired) electrons. The number of hydrogen-bond acceptors (Lipinski definition) is 3. The number of hydrogen-bond donors (Lipinski definition) is 0. The lowest BCUT2D eigenvalue weighted by Crippen LogP contribution is -2.16. The first kappa shape index (κ1) is 14.1. The van der Waals surface area contributed by atoms with Gasteiger partial charge in [-0.2, -0.15) is 8.42 Å². The second-order valence-electron chi connectivity index (χ2n) is 3.79. The monoisotopic (exact) mass is 264 g/mol. The molecule has 0 unspecified atom stereocenters. The zero-order chi connectivity index (χ0) is 13.2. The predicted molar refractivity (Wildman–Crippen MR) is 59.1 cm³/mol. The molecule has 0 bridgehead atoms. The normalized spacial score (nSPS) is 12.1. The van der Waals surface area contributed by atoms with Crippen LogP contribution in [0, 0.1) is 11.6 Å². The molecule has 1 aromatic rings. The molecule has 96 valence electrons. The van der Waals surface area contributed by atoms with E-state index in [1.807, 2.05) is 0 Å². The molecule has 0 aliphatic rings. The van der Waals surface area contributed by atoms with Crippen LogP contribution >= 0.6 is 0 Å². The van der Waals surface area contributed by atoms with E-state index in [1.54, 1.807) is 6.92 Å². The maximum Gasteiger partial charge on any atom is 0.300 e. The van der Waals surface area contributed by atoms with Crippen LogP contribution in [-0.2, 0) is 20.7 Å². The van der Waals surface area contributed by atoms with Gasteiger partial charge in [-0.1, -0.05) is 6.92 Å². The van der Waals surface area contributed by atoms with Gasteiger partial charge in [0.05, 0.1) is 6.10 Å². The molecule has 6 heteroatoms. The molecule has 0 aliphatic heterocycles. The largest absolute Gasteiger partial charge is 0.300 e. The van der Waals surface area contributed by atoms with Crippen molar-refractivity contribution in [1.82, 2.24) is 0 Å². The van der Waals surface area contributed by atoms with Crippen LogP contribution in [0.2, 0.25) is 0 Å². The molecule has 0 amide bonds. The zero-order valence-electron chi connectivity index (χ0n) is 9.83. The van der Waals surface area contributed by atoms with E-state index < -0.39 is 32.8 Å². The van der Waals surface area contributed by atoms with Crippen molar-refractivity contribution in [3.05, 3.63) is 29.3 Å². The summed E-state index contributed by atoms with van der Waals surface area (Å²) in [5, 5.41) is 0. The summed E-state index contributed by atoms with van der Waals surface area (Å²) in [7, 11) is -4.27. The highest BCUT2D eigenvalue weighted by Crippen LogP contribution is 2.25. The molecule has 0 heterocycles. The summed E-state index contributed by atoms with van der Waals surface area (Å²) in [6.07, 6.45) is -0.563. The van der Waals surface area contributed by atoms with Crippen molar-refractivity contribution in [3.8, 4) is 0 Å². The SMILES string of the molecule is CCc1c(F)ccc(F)c1S(=O)(=O)OC(C)C. The smallest absolute Gasteiger partial charge is 0.264 e. The van der Waals surface area contributed by atoms with E-state index in [9.17, 15) is 17.2 Å². The second-order valence-corrected chi connectivity index (χ2v) is 5.30. The van der Waals surface area contributed by atoms with E-state index in [1.165, 1.54) is 13.8 Å². The lowest BCUT2D eigenvalue weighted by atomic mass is 10.1. The minimum absolute atomic E-state index is 0.0691. The van der Waals surface area contributed by atoms with Gasteiger partial charge in [0.15, 0.2) is 0 Å². The maximum atomic E-state index is 13.5. The highest BCUT2D eigenvalue weighted by molar-refractivity contribution is 7.86. The molecule has 0 saturated carbocycles. The number of rotatable bonds is 4. The molecule has 0 atom stereocenters. The predicted octanol–water partition coefficient (Wildman–Crippen LogP) is 2.64. The van der Waals surface area contributed by atoms with Crippen LogP contribution in [0.25, 0.3) is 0 Å². The summed E-state index contributed by atoms with van der Waals surface area (Å²) in [6.45, 7) is 4.55. The first-order valence-electron chi connectivity index (χ1n) is 5.19. The minimum atomic E-state index is -4.27. The molecular formula is C11H14F2O3S. The summed E-state index contributed by atoms with van der Waals surface area (Å²) < 4.78 is 55.1. The van der Waals surface area contributed by atoms with Gasteiger partial charge >= 0.3 is 10.1 Å². The van der Waals surface area contributed by atoms with Crippen molar-refractivity contribution in [2.24, 2.45) is 0 Å². The van der Waals surface area contributed by atoms with Crippen LogP contribution < -0.4 is 0 Å². The third kappa shape index (κ3) is 3.01. The summed E-state index contributed by atoms with van der Waals surface area (Å²) in [5.41, 5.74) is -0.189. The van der Waals surface area contributed by atoms with Crippen molar-refractivity contribution >= 4 is 10.1 Å². The quantitative estimate of drug-likeness (QED) is 0.785. The Morgan fingerprint density at radius 1 is 1.24 bits per heavy atom. The van der Waals surface area contributed by atoms with Gasteiger partial charge in [0.1, 0.15) is 16.5 Å². The highest BCUT2D eigenvalue weighted by Gasteiger charge is 2.26. The highest BCUT2D eigenvalue weighted by atomic mass is 32.2. The van der Waals surface area contributed by atoms with Crippen LogP contribution in [0.3, 0.4) is 0 Å². The number of benzene rings is 1. The van der Waals surface area contributed by atoms with Gasteiger partial charge in [-0.15, -0.1) is 0 Å². The molecule has 0 aliphatic carbocycles. The standard InChI is InChI=1S/C11H14F2O3S/c1-4-8-9(12)5-6-10(13)11(8)17(14,15)16-7(2)3/h5-7H,4H2,1-3H3. The summed E-state index contributed by atoms with van der Waals surface area (Å²) in [5.74, 6) is -1.75. The Morgan fingerprint density at radius 3 is 2.24 bits per heavy atom. The molecule has 0 N–H and O–H groups in total. The number of halogens is 2. The second kappa shape index (κ2) is 5.10. The van der Waals surface area contributed by atoms with E-state index in [2.05, 4.69) is 4.18 Å². The lowest BCUT2D eigenvalue weighted by molar-refractivity contribution is 0.247. The van der Waals surface area contributed by atoms with Crippen LogP contribution in [0.15, 0.2) is 17.0 Å². The Labute approximate surface area is 99.5 Å². The summed E-state index contributed by atoms with van der Waals surface area (Å²) in [4.78, 5) is -0.700. The topological polar surface area (TPSA) is 43.4 Å². The molecular weight excluding hydrogens is 250 g/mol. The van der Waals surface area contributed by atoms with Gasteiger partial charge < -0.3 is 0 Å². The van der Waals surface area contributed by atoms with Gasteiger partial charge in [-0.3, -0.25) is 4.18 Å². The van der Waals surface area contributed by atoms with E-state index in [0.717, 1.165) is 12.1 Å². The Morgan fingerprint density at radius 2 is 1.76 bits per heavy atom.